The van der Waals surface area contributed by atoms with Gasteiger partial charge in [0.2, 0.25) is 0 Å². The Bertz CT molecular complexity index is 974. The van der Waals surface area contributed by atoms with Crippen LogP contribution in [0, 0.1) is 13.8 Å². The topological polar surface area (TPSA) is 99.0 Å². The van der Waals surface area contributed by atoms with Crippen LogP contribution < -0.4 is 14.8 Å². The van der Waals surface area contributed by atoms with Crippen molar-refractivity contribution in [3.8, 4) is 17.2 Å². The number of rotatable bonds is 6. The largest absolute Gasteiger partial charge is 0.486 e. The molecule has 1 saturated heterocycles. The van der Waals surface area contributed by atoms with Crippen LogP contribution in [-0.2, 0) is 9.53 Å². The number of carbonyl (C=O) groups is 2. The highest BCUT2D eigenvalue weighted by atomic mass is 16.6. The van der Waals surface area contributed by atoms with Gasteiger partial charge in [-0.1, -0.05) is 0 Å². The van der Waals surface area contributed by atoms with Crippen molar-refractivity contribution in [2.75, 3.05) is 26.4 Å². The molecule has 0 bridgehead atoms. The third-order valence-electron chi connectivity index (χ3n) is 5.76. The summed E-state index contributed by atoms with van der Waals surface area (Å²) in [6.07, 6.45) is 0.932. The van der Waals surface area contributed by atoms with Gasteiger partial charge >= 0.3 is 5.97 Å². The standard InChI is InChI=1S/C22H26N2O6/c1-14-11-17(21(27)23-22(6-5-20(25)26)7-8-28-13-22)15(2)24(14)16-3-4-18-19(12-16)30-10-9-29-18/h3-4,11-12H,5-10,13H2,1-2H3,(H,23,27)(H,25,26). The lowest BCUT2D eigenvalue weighted by atomic mass is 9.92. The molecule has 8 nitrogen and oxygen atoms in total. The van der Waals surface area contributed by atoms with Crippen molar-refractivity contribution in [3.63, 3.8) is 0 Å². The number of aliphatic carboxylic acids is 1. The van der Waals surface area contributed by atoms with Crippen LogP contribution in [0.5, 0.6) is 11.5 Å². The minimum absolute atomic E-state index is 0.0140. The number of aryl methyl sites for hydroxylation is 1. The van der Waals surface area contributed by atoms with Crippen molar-refractivity contribution < 1.29 is 28.9 Å². The van der Waals surface area contributed by atoms with E-state index < -0.39 is 11.5 Å². The fourth-order valence-corrected chi connectivity index (χ4v) is 4.18. The fraction of sp³-hybridized carbons (Fsp3) is 0.455. The van der Waals surface area contributed by atoms with Crippen molar-refractivity contribution in [1.82, 2.24) is 9.88 Å². The molecule has 1 amide bonds. The first-order valence-electron chi connectivity index (χ1n) is 10.1. The summed E-state index contributed by atoms with van der Waals surface area (Å²) in [5.41, 5.74) is 2.52. The summed E-state index contributed by atoms with van der Waals surface area (Å²) in [6.45, 7) is 5.72. The molecule has 2 N–H and O–H groups in total. The lowest BCUT2D eigenvalue weighted by molar-refractivity contribution is -0.137. The number of nitrogens with zero attached hydrogens (tertiary/aromatic N) is 1. The first-order valence-corrected chi connectivity index (χ1v) is 10.1. The highest BCUT2D eigenvalue weighted by Gasteiger charge is 2.37. The SMILES string of the molecule is Cc1cc(C(=O)NC2(CCC(=O)O)CCOC2)c(C)n1-c1ccc2c(c1)OCCO2. The van der Waals surface area contributed by atoms with Gasteiger partial charge in [0.1, 0.15) is 13.2 Å². The molecule has 0 aliphatic carbocycles. The van der Waals surface area contributed by atoms with Crippen LogP contribution in [0.2, 0.25) is 0 Å². The van der Waals surface area contributed by atoms with Gasteiger partial charge in [-0.2, -0.15) is 0 Å². The minimum Gasteiger partial charge on any atom is -0.486 e. The molecule has 2 aliphatic rings. The van der Waals surface area contributed by atoms with Crippen molar-refractivity contribution >= 4 is 11.9 Å². The molecule has 0 radical (unpaired) electrons. The van der Waals surface area contributed by atoms with E-state index in [4.69, 9.17) is 19.3 Å². The van der Waals surface area contributed by atoms with E-state index in [1.54, 1.807) is 0 Å². The monoisotopic (exact) mass is 414 g/mol. The number of hydrogen-bond acceptors (Lipinski definition) is 5. The number of carboxylic acid groups (broad SMARTS) is 1. The fourth-order valence-electron chi connectivity index (χ4n) is 4.18. The lowest BCUT2D eigenvalue weighted by Crippen LogP contribution is -2.49. The Hall–Kier alpha value is -3.00. The van der Waals surface area contributed by atoms with Crippen molar-refractivity contribution in [2.45, 2.75) is 38.6 Å². The predicted molar refractivity (Wildman–Crippen MR) is 109 cm³/mol. The molecule has 2 aliphatic heterocycles. The Balaban J connectivity index is 1.60. The Labute approximate surface area is 174 Å². The molecule has 4 rings (SSSR count). The third kappa shape index (κ3) is 3.87. The van der Waals surface area contributed by atoms with Crippen LogP contribution in [-0.4, -0.2) is 53.5 Å². The average Bonchev–Trinajstić information content (AvgIpc) is 3.30. The number of nitrogens with one attached hydrogen (secondary N) is 1. The van der Waals surface area contributed by atoms with Crippen molar-refractivity contribution in [3.05, 3.63) is 41.2 Å². The van der Waals surface area contributed by atoms with E-state index in [1.807, 2.05) is 42.7 Å². The number of amides is 1. The van der Waals surface area contributed by atoms with Gasteiger partial charge in [-0.3, -0.25) is 9.59 Å². The predicted octanol–water partition coefficient (Wildman–Crippen LogP) is 2.62. The van der Waals surface area contributed by atoms with Gasteiger partial charge in [0.25, 0.3) is 5.91 Å². The number of carbonyl (C=O) groups excluding carboxylic acids is 1. The molecule has 8 heteroatoms. The van der Waals surface area contributed by atoms with Crippen molar-refractivity contribution in [2.24, 2.45) is 0 Å². The molecule has 1 aromatic carbocycles. The van der Waals surface area contributed by atoms with Crippen LogP contribution in [0.4, 0.5) is 0 Å². The summed E-state index contributed by atoms with van der Waals surface area (Å²) in [4.78, 5) is 24.2. The van der Waals surface area contributed by atoms with Crippen LogP contribution in [0.25, 0.3) is 5.69 Å². The molecular weight excluding hydrogens is 388 g/mol. The normalized spacial score (nSPS) is 20.2. The molecule has 0 spiro atoms. The van der Waals surface area contributed by atoms with Gasteiger partial charge in [0.15, 0.2) is 11.5 Å². The van der Waals surface area contributed by atoms with E-state index >= 15 is 0 Å². The maximum atomic E-state index is 13.1. The lowest BCUT2D eigenvalue weighted by Gasteiger charge is -2.28. The van der Waals surface area contributed by atoms with Gasteiger partial charge in [0, 0.05) is 36.2 Å². The summed E-state index contributed by atoms with van der Waals surface area (Å²) >= 11 is 0. The Morgan fingerprint density at radius 1 is 1.13 bits per heavy atom. The summed E-state index contributed by atoms with van der Waals surface area (Å²) in [6, 6.07) is 7.57. The second kappa shape index (κ2) is 8.02. The van der Waals surface area contributed by atoms with Gasteiger partial charge in [-0.15, -0.1) is 0 Å². The van der Waals surface area contributed by atoms with Gasteiger partial charge < -0.3 is 29.2 Å². The zero-order chi connectivity index (χ0) is 21.3. The smallest absolute Gasteiger partial charge is 0.303 e. The summed E-state index contributed by atoms with van der Waals surface area (Å²) in [5.74, 6) is 0.301. The molecule has 160 valence electrons. The van der Waals surface area contributed by atoms with Gasteiger partial charge in [0.05, 0.1) is 17.7 Å². The van der Waals surface area contributed by atoms with E-state index in [9.17, 15) is 9.59 Å². The molecule has 1 unspecified atom stereocenters. The zero-order valence-corrected chi connectivity index (χ0v) is 17.2. The number of ether oxygens (including phenoxy) is 3. The maximum Gasteiger partial charge on any atom is 0.303 e. The molecule has 1 aromatic heterocycles. The Kier molecular flexibility index (Phi) is 5.42. The summed E-state index contributed by atoms with van der Waals surface area (Å²) in [5, 5.41) is 12.1. The Morgan fingerprint density at radius 2 is 1.90 bits per heavy atom. The molecule has 0 saturated carbocycles. The molecule has 2 aromatic rings. The number of hydrogen-bond donors (Lipinski definition) is 2. The highest BCUT2D eigenvalue weighted by molar-refractivity contribution is 5.96. The van der Waals surface area contributed by atoms with E-state index in [2.05, 4.69) is 5.32 Å². The van der Waals surface area contributed by atoms with Crippen LogP contribution in [0.3, 0.4) is 0 Å². The number of aromatic nitrogens is 1. The van der Waals surface area contributed by atoms with Gasteiger partial charge in [-0.25, -0.2) is 0 Å². The first kappa shape index (κ1) is 20.3. The molecule has 30 heavy (non-hydrogen) atoms. The van der Waals surface area contributed by atoms with Gasteiger partial charge in [-0.05, 0) is 44.9 Å². The number of carboxylic acids is 1. The highest BCUT2D eigenvalue weighted by Crippen LogP contribution is 2.34. The van der Waals surface area contributed by atoms with Crippen LogP contribution in [0.1, 0.15) is 41.0 Å². The minimum atomic E-state index is -0.882. The third-order valence-corrected chi connectivity index (χ3v) is 5.76. The van der Waals surface area contributed by atoms with E-state index in [0.29, 0.717) is 56.3 Å². The van der Waals surface area contributed by atoms with E-state index in [-0.39, 0.29) is 12.3 Å². The molecule has 1 atom stereocenters. The van der Waals surface area contributed by atoms with E-state index in [1.165, 1.54) is 0 Å². The van der Waals surface area contributed by atoms with Crippen molar-refractivity contribution in [1.29, 1.82) is 0 Å². The number of benzene rings is 1. The zero-order valence-electron chi connectivity index (χ0n) is 17.2. The van der Waals surface area contributed by atoms with Crippen LogP contribution >= 0.6 is 0 Å². The summed E-state index contributed by atoms with van der Waals surface area (Å²) in [7, 11) is 0. The maximum absolute atomic E-state index is 13.1. The molecule has 1 fully saturated rings. The second-order valence-electron chi connectivity index (χ2n) is 7.88. The quantitative estimate of drug-likeness (QED) is 0.754. The van der Waals surface area contributed by atoms with Crippen LogP contribution in [0.15, 0.2) is 24.3 Å². The first-order chi connectivity index (χ1) is 14.4. The second-order valence-corrected chi connectivity index (χ2v) is 7.88. The number of fused-ring (bicyclic) bond motifs is 1. The summed E-state index contributed by atoms with van der Waals surface area (Å²) < 4.78 is 18.8. The average molecular weight is 414 g/mol. The van der Waals surface area contributed by atoms with E-state index in [0.717, 1.165) is 17.1 Å². The Morgan fingerprint density at radius 3 is 2.60 bits per heavy atom. The molecular formula is C22H26N2O6. The molecule has 3 heterocycles.